The molecule has 2 nitrogen and oxygen atoms in total. The van der Waals surface area contributed by atoms with Gasteiger partial charge in [-0.15, -0.1) is 0 Å². The normalized spacial score (nSPS) is 14.7. The first-order valence-electron chi connectivity index (χ1n) is 7.36. The second-order valence-corrected chi connectivity index (χ2v) is 5.85. The van der Waals surface area contributed by atoms with Gasteiger partial charge in [0.25, 0.3) is 0 Å². The molecule has 0 fully saturated rings. The number of alkyl halides is 3. The smallest absolute Gasteiger partial charge is 0.383 e. The van der Waals surface area contributed by atoms with Crippen LogP contribution in [0.2, 0.25) is 0 Å². The molecule has 0 aromatic heterocycles. The average Bonchev–Trinajstić information content (AvgIpc) is 2.47. The van der Waals surface area contributed by atoms with Crippen molar-refractivity contribution in [2.24, 2.45) is 0 Å². The van der Waals surface area contributed by atoms with Crippen LogP contribution in [0.5, 0.6) is 0 Å². The molecule has 0 aliphatic heterocycles. The molecule has 0 aliphatic rings. The lowest BCUT2D eigenvalue weighted by atomic mass is 9.89. The number of rotatable bonds is 6. The van der Waals surface area contributed by atoms with Gasteiger partial charge in [0.15, 0.2) is 0 Å². The molecule has 0 spiro atoms. The van der Waals surface area contributed by atoms with Crippen LogP contribution in [0.4, 0.5) is 13.2 Å². The van der Waals surface area contributed by atoms with Crippen molar-refractivity contribution in [2.45, 2.75) is 24.7 Å². The topological polar surface area (TPSA) is 23.5 Å². The van der Waals surface area contributed by atoms with Gasteiger partial charge in [0.2, 0.25) is 0 Å². The van der Waals surface area contributed by atoms with Gasteiger partial charge >= 0.3 is 6.18 Å². The minimum Gasteiger partial charge on any atom is -0.383 e. The molecule has 0 amide bonds. The van der Waals surface area contributed by atoms with Gasteiger partial charge in [-0.2, -0.15) is 13.2 Å². The van der Waals surface area contributed by atoms with Crippen LogP contribution < -0.4 is 0 Å². The highest BCUT2D eigenvalue weighted by molar-refractivity contribution is 5.23. The van der Waals surface area contributed by atoms with Crippen LogP contribution in [0, 0.1) is 0 Å². The van der Waals surface area contributed by atoms with Crippen LogP contribution in [0.1, 0.15) is 17.5 Å². The maximum absolute atomic E-state index is 12.9. The lowest BCUT2D eigenvalue weighted by Crippen LogP contribution is -2.42. The molecular weight excluding hydrogens is 303 g/mol. The minimum atomic E-state index is -4.45. The number of likely N-dealkylation sites (N-methyl/N-ethyl adjacent to an activating group) is 1. The molecule has 0 radical (unpaired) electrons. The summed E-state index contributed by atoms with van der Waals surface area (Å²) in [4.78, 5) is 1.70. The summed E-state index contributed by atoms with van der Waals surface area (Å²) in [5.74, 6) is 0. The van der Waals surface area contributed by atoms with E-state index in [0.717, 1.165) is 5.56 Å². The van der Waals surface area contributed by atoms with Gasteiger partial charge in [-0.3, -0.25) is 4.90 Å². The van der Waals surface area contributed by atoms with Crippen LogP contribution in [0.3, 0.4) is 0 Å². The molecule has 124 valence electrons. The average molecular weight is 323 g/mol. The molecule has 2 rings (SSSR count). The van der Waals surface area contributed by atoms with Crippen LogP contribution in [-0.2, 0) is 12.1 Å². The highest BCUT2D eigenvalue weighted by atomic mass is 19.4. The number of halogens is 3. The van der Waals surface area contributed by atoms with E-state index in [9.17, 15) is 18.3 Å². The molecule has 23 heavy (non-hydrogen) atoms. The molecule has 1 unspecified atom stereocenters. The van der Waals surface area contributed by atoms with Gasteiger partial charge in [0.05, 0.1) is 6.42 Å². The Labute approximate surface area is 134 Å². The fourth-order valence-corrected chi connectivity index (χ4v) is 2.73. The standard InChI is InChI=1S/C18H20F3NO/c1-22(12-15-8-4-2-5-9-15)14-17(23,13-18(19,20)21)16-10-6-3-7-11-16/h2-11,23H,12-14H2,1H3. The third-order valence-corrected chi connectivity index (χ3v) is 3.63. The second kappa shape index (κ2) is 7.15. The Morgan fingerprint density at radius 1 is 0.913 bits per heavy atom. The third kappa shape index (κ3) is 5.37. The number of nitrogens with zero attached hydrogens (tertiary/aromatic N) is 1. The summed E-state index contributed by atoms with van der Waals surface area (Å²) < 4.78 is 38.8. The number of hydrogen-bond acceptors (Lipinski definition) is 2. The van der Waals surface area contributed by atoms with Crippen molar-refractivity contribution in [2.75, 3.05) is 13.6 Å². The third-order valence-electron chi connectivity index (χ3n) is 3.63. The SMILES string of the molecule is CN(Cc1ccccc1)CC(O)(CC(F)(F)F)c1ccccc1. The van der Waals surface area contributed by atoms with Crippen molar-refractivity contribution in [1.82, 2.24) is 4.90 Å². The summed E-state index contributed by atoms with van der Waals surface area (Å²) in [6, 6.07) is 17.5. The van der Waals surface area contributed by atoms with Crippen molar-refractivity contribution < 1.29 is 18.3 Å². The summed E-state index contributed by atoms with van der Waals surface area (Å²) in [6.45, 7) is 0.360. The minimum absolute atomic E-state index is 0.106. The molecule has 2 aromatic rings. The highest BCUT2D eigenvalue weighted by Crippen LogP contribution is 2.35. The van der Waals surface area contributed by atoms with Gasteiger partial charge in [0.1, 0.15) is 5.60 Å². The van der Waals surface area contributed by atoms with Crippen molar-refractivity contribution in [3.63, 3.8) is 0 Å². The molecular formula is C18H20F3NO. The maximum atomic E-state index is 12.9. The van der Waals surface area contributed by atoms with Crippen molar-refractivity contribution in [1.29, 1.82) is 0 Å². The first-order chi connectivity index (χ1) is 10.8. The van der Waals surface area contributed by atoms with E-state index in [1.54, 1.807) is 30.1 Å². The largest absolute Gasteiger partial charge is 0.392 e. The van der Waals surface area contributed by atoms with Crippen LogP contribution in [0.15, 0.2) is 60.7 Å². The lowest BCUT2D eigenvalue weighted by molar-refractivity contribution is -0.182. The van der Waals surface area contributed by atoms with Gasteiger partial charge in [0, 0.05) is 13.1 Å². The molecule has 0 bridgehead atoms. The predicted molar refractivity (Wildman–Crippen MR) is 83.8 cm³/mol. The second-order valence-electron chi connectivity index (χ2n) is 5.85. The first-order valence-corrected chi connectivity index (χ1v) is 7.36. The Bertz CT molecular complexity index is 601. The van der Waals surface area contributed by atoms with Crippen molar-refractivity contribution in [3.05, 3.63) is 71.8 Å². The van der Waals surface area contributed by atoms with E-state index in [1.807, 2.05) is 30.3 Å². The molecule has 1 atom stereocenters. The van der Waals surface area contributed by atoms with Crippen molar-refractivity contribution >= 4 is 0 Å². The fourth-order valence-electron chi connectivity index (χ4n) is 2.73. The van der Waals surface area contributed by atoms with Crippen molar-refractivity contribution in [3.8, 4) is 0 Å². The van der Waals surface area contributed by atoms with Crippen LogP contribution in [0.25, 0.3) is 0 Å². The van der Waals surface area contributed by atoms with E-state index in [4.69, 9.17) is 0 Å². The summed E-state index contributed by atoms with van der Waals surface area (Å²) in [6.07, 6.45) is -5.72. The Morgan fingerprint density at radius 2 is 1.43 bits per heavy atom. The number of hydrogen-bond donors (Lipinski definition) is 1. The summed E-state index contributed by atoms with van der Waals surface area (Å²) in [5, 5.41) is 10.7. The van der Waals surface area contributed by atoms with E-state index < -0.39 is 18.2 Å². The van der Waals surface area contributed by atoms with Gasteiger partial charge in [-0.1, -0.05) is 60.7 Å². The van der Waals surface area contributed by atoms with E-state index in [0.29, 0.717) is 6.54 Å². The van der Waals surface area contributed by atoms with Gasteiger partial charge in [-0.25, -0.2) is 0 Å². The lowest BCUT2D eigenvalue weighted by Gasteiger charge is -2.33. The van der Waals surface area contributed by atoms with E-state index in [2.05, 4.69) is 0 Å². The first kappa shape index (κ1) is 17.5. The summed E-state index contributed by atoms with van der Waals surface area (Å²) >= 11 is 0. The zero-order chi connectivity index (χ0) is 16.9. The molecule has 5 heteroatoms. The molecule has 0 saturated heterocycles. The zero-order valence-electron chi connectivity index (χ0n) is 12.9. The summed E-state index contributed by atoms with van der Waals surface area (Å²) in [5.41, 5.74) is -0.710. The molecule has 1 N–H and O–H groups in total. The van der Waals surface area contributed by atoms with Crippen LogP contribution in [-0.4, -0.2) is 29.8 Å². The van der Waals surface area contributed by atoms with Gasteiger partial charge < -0.3 is 5.11 Å². The summed E-state index contributed by atoms with van der Waals surface area (Å²) in [7, 11) is 1.71. The zero-order valence-corrected chi connectivity index (χ0v) is 12.9. The molecule has 0 saturated carbocycles. The Morgan fingerprint density at radius 3 is 1.96 bits per heavy atom. The highest BCUT2D eigenvalue weighted by Gasteiger charge is 2.43. The van der Waals surface area contributed by atoms with E-state index >= 15 is 0 Å². The molecule has 2 aromatic carbocycles. The van der Waals surface area contributed by atoms with Gasteiger partial charge in [-0.05, 0) is 18.2 Å². The van der Waals surface area contributed by atoms with E-state index in [-0.39, 0.29) is 12.1 Å². The maximum Gasteiger partial charge on any atom is 0.392 e. The Hall–Kier alpha value is -1.85. The predicted octanol–water partition coefficient (Wildman–Crippen LogP) is 3.96. The number of benzene rings is 2. The quantitative estimate of drug-likeness (QED) is 0.870. The Balaban J connectivity index is 2.17. The fraction of sp³-hybridized carbons (Fsp3) is 0.333. The Kier molecular flexibility index (Phi) is 5.44. The molecule has 0 heterocycles. The monoisotopic (exact) mass is 323 g/mol. The van der Waals surface area contributed by atoms with Crippen LogP contribution >= 0.6 is 0 Å². The van der Waals surface area contributed by atoms with E-state index in [1.165, 1.54) is 12.1 Å². The number of aliphatic hydroxyl groups is 1. The molecule has 0 aliphatic carbocycles.